The molecule has 0 bridgehead atoms. The molecule has 81 heavy (non-hydrogen) atoms. The van der Waals surface area contributed by atoms with Gasteiger partial charge in [-0.05, 0) is 64.3 Å². The van der Waals surface area contributed by atoms with Crippen LogP contribution in [0.15, 0.2) is 65.8 Å². The standard InChI is InChI=1S/C13H17N3O.C11H4Cl8N4.C7H15ClN2O.C6H9N3O4.C3H12N9O4P/c1-2-3-5-10-12(15-16-13(14)17)11-8-6-4-7-9-11;12-4-1-5(13)3-6(2-4)20-9-22-7(10(14,15)16)21-8(23-9)11(17,18)19;1-7(2,3)10-6(11)9-5-4-8;10-2-7-6(13)9-5-3(11)1-4(12)8-5;4-7-1(13)10-17(16,11-2(14)8-5)12-3(15)9-6/h2-4,6-9H,5,10H2,1H3,(H3,14,16,17);1-3H,(H,20,21,22,23);4-5H2,1-3H3,(H2,9,10,11);5,10H,1-2H2,(H,8,12)(H2,7,9,13);4-6H2,(H6,7,8,9,10,11,12,13,14,15,16)/b3-2+,15-12+;;;;. The molecule has 0 saturated carbocycles. The van der Waals surface area contributed by atoms with Gasteiger partial charge in [-0.25, -0.2) is 61.3 Å². The zero-order chi connectivity index (χ0) is 62.1. The number of hydrazine groups is 3. The number of carbonyl (C=O) groups is 8. The first-order chi connectivity index (χ1) is 37.6. The number of aliphatic hydroxyl groups excluding tert-OH is 1. The van der Waals surface area contributed by atoms with Crippen molar-refractivity contribution < 1.29 is 48.0 Å². The molecule has 1 aliphatic heterocycles. The van der Waals surface area contributed by atoms with E-state index in [2.05, 4.69) is 58.1 Å². The molecule has 31 nitrogen and oxygen atoms in total. The van der Waals surface area contributed by atoms with Gasteiger partial charge < -0.3 is 42.7 Å². The molecule has 4 rings (SSSR count). The van der Waals surface area contributed by atoms with Gasteiger partial charge in [0.25, 0.3) is 0 Å². The second kappa shape index (κ2) is 38.0. The van der Waals surface area contributed by atoms with Crippen LogP contribution in [-0.4, -0.2) is 105 Å². The number of amides is 13. The molecule has 450 valence electrons. The lowest BCUT2D eigenvalue weighted by atomic mass is 10.1. The van der Waals surface area contributed by atoms with Crippen LogP contribution in [0, 0.1) is 0 Å². The summed E-state index contributed by atoms with van der Waals surface area (Å²) in [6, 6.07) is 9.56. The number of benzene rings is 2. The van der Waals surface area contributed by atoms with Crippen molar-refractivity contribution in [1.29, 1.82) is 0 Å². The Balaban J connectivity index is 0.00000101. The maximum atomic E-state index is 11.8. The number of carbonyl (C=O) groups excluding carboxylic acids is 8. The number of rotatable bonds is 14. The van der Waals surface area contributed by atoms with Gasteiger partial charge in [-0.2, -0.15) is 15.1 Å². The molecule has 1 aliphatic rings. The number of allylic oxidation sites excluding steroid dienone is 2. The number of halogens is 9. The van der Waals surface area contributed by atoms with Crippen LogP contribution < -0.4 is 92.1 Å². The molecular weight excluding hydrogens is 1280 g/mol. The minimum absolute atomic E-state index is 0.0130. The van der Waals surface area contributed by atoms with Gasteiger partial charge in [0.1, 0.15) is 6.73 Å². The van der Waals surface area contributed by atoms with Crippen LogP contribution in [0.25, 0.3) is 0 Å². The number of nitrogens with two attached hydrogens (primary N) is 4. The van der Waals surface area contributed by atoms with Crippen LogP contribution in [0.1, 0.15) is 64.2 Å². The maximum Gasteiger partial charge on any atom is 0.363 e. The topological polar surface area (TPSA) is 485 Å². The Morgan fingerprint density at radius 2 is 1.30 bits per heavy atom. The van der Waals surface area contributed by atoms with Gasteiger partial charge in [0.15, 0.2) is 23.6 Å². The second-order valence-electron chi connectivity index (χ2n) is 15.7. The molecule has 22 N–H and O–H groups in total. The number of hydrogen-bond acceptors (Lipinski definition) is 18. The summed E-state index contributed by atoms with van der Waals surface area (Å²) in [4.78, 5) is 98.3. The summed E-state index contributed by atoms with van der Waals surface area (Å²) in [5, 5.41) is 32.8. The van der Waals surface area contributed by atoms with E-state index in [1.54, 1.807) is 49.7 Å². The average molecular weight is 1340 g/mol. The molecule has 1 saturated heterocycles. The summed E-state index contributed by atoms with van der Waals surface area (Å²) in [6.45, 7) is 7.72. The zero-order valence-electron chi connectivity index (χ0n) is 42.7. The second-order valence-corrected chi connectivity index (χ2v) is 23.4. The molecular formula is C40H57Cl9N21O10P. The SMILES string of the molecule is C/C=C/CC/C(=N\NC(N)=O)c1ccccc1.CC(C)(C)NC(=O)NCCCl.Clc1cc(Cl)cc(Nc2nc(C(Cl)(Cl)Cl)nc(C(Cl)(Cl)Cl)n2)c1.NNC(=O)NP(=O)(NC(=O)NN)NC(=O)NN.O=C1CC(=O)C(NC(=O)NCO)N1. The van der Waals surface area contributed by atoms with Gasteiger partial charge >= 0.3 is 43.8 Å². The van der Waals surface area contributed by atoms with E-state index >= 15 is 0 Å². The minimum atomic E-state index is -4.16. The lowest BCUT2D eigenvalue weighted by Crippen LogP contribution is -2.51. The van der Waals surface area contributed by atoms with E-state index in [-0.39, 0.29) is 35.6 Å². The molecule has 2 aromatic carbocycles. The largest absolute Gasteiger partial charge is 0.376 e. The van der Waals surface area contributed by atoms with E-state index in [1.165, 1.54) is 0 Å². The third-order valence-electron chi connectivity index (χ3n) is 7.97. The molecule has 1 unspecified atom stereocenters. The molecule has 1 aromatic heterocycles. The Labute approximate surface area is 507 Å². The highest BCUT2D eigenvalue weighted by Crippen LogP contribution is 2.40. The van der Waals surface area contributed by atoms with E-state index in [1.807, 2.05) is 69.4 Å². The Hall–Kier alpha value is -5.90. The quantitative estimate of drug-likeness (QED) is 0.0121. The Morgan fingerprint density at radius 3 is 1.69 bits per heavy atom. The number of alkyl halides is 7. The normalized spacial score (nSPS) is 12.9. The highest BCUT2D eigenvalue weighted by molar-refractivity contribution is 7.59. The summed E-state index contributed by atoms with van der Waals surface area (Å²) in [5.74, 6) is 13.3. The van der Waals surface area contributed by atoms with Gasteiger partial charge in [-0.1, -0.05) is 135 Å². The fourth-order valence-electron chi connectivity index (χ4n) is 4.92. The fraction of sp³-hybridized carbons (Fsp3) is 0.350. The third kappa shape index (κ3) is 34.9. The monoisotopic (exact) mass is 1340 g/mol. The lowest BCUT2D eigenvalue weighted by Gasteiger charge is -2.20. The minimum Gasteiger partial charge on any atom is -0.376 e. The number of aliphatic hydroxyl groups is 1. The Kier molecular flexibility index (Phi) is 35.2. The van der Waals surface area contributed by atoms with Gasteiger partial charge in [-0.3, -0.25) is 41.1 Å². The first kappa shape index (κ1) is 75.1. The number of urea groups is 6. The van der Waals surface area contributed by atoms with Crippen LogP contribution in [-0.2, 0) is 21.7 Å². The van der Waals surface area contributed by atoms with Crippen molar-refractivity contribution in [2.24, 2.45) is 28.4 Å². The van der Waals surface area contributed by atoms with E-state index in [0.717, 1.165) is 24.1 Å². The highest BCUT2D eigenvalue weighted by Gasteiger charge is 2.34. The van der Waals surface area contributed by atoms with Crippen molar-refractivity contribution in [2.75, 3.05) is 24.5 Å². The number of primary amides is 1. The van der Waals surface area contributed by atoms with Crippen molar-refractivity contribution in [3.8, 4) is 0 Å². The van der Waals surface area contributed by atoms with Crippen LogP contribution in [0.2, 0.25) is 10.0 Å². The summed E-state index contributed by atoms with van der Waals surface area (Å²) in [7, 11) is -4.16. The number of nitrogens with zero attached hydrogens (tertiary/aromatic N) is 4. The van der Waals surface area contributed by atoms with Crippen molar-refractivity contribution in [3.63, 3.8) is 0 Å². The molecule has 41 heteroatoms. The summed E-state index contributed by atoms with van der Waals surface area (Å²) < 4.78 is 7.97. The number of nitrogens with one attached hydrogen (secondary N) is 13. The van der Waals surface area contributed by atoms with Crippen molar-refractivity contribution in [1.82, 2.24) is 78.5 Å². The molecule has 3 aromatic rings. The number of aromatic nitrogens is 3. The predicted octanol–water partition coefficient (Wildman–Crippen LogP) is 4.58. The van der Waals surface area contributed by atoms with Crippen molar-refractivity contribution >= 4 is 177 Å². The first-order valence-corrected chi connectivity index (χ1v) is 27.4. The smallest absolute Gasteiger partial charge is 0.363 e. The number of hydrazone groups is 1. The van der Waals surface area contributed by atoms with Gasteiger partial charge in [0, 0.05) is 33.7 Å². The van der Waals surface area contributed by atoms with Gasteiger partial charge in [-0.15, -0.1) is 11.6 Å². The third-order valence-corrected chi connectivity index (χ3v) is 11.2. The average Bonchev–Trinajstić information content (AvgIpc) is 3.68. The van der Waals surface area contributed by atoms with Gasteiger partial charge in [0.2, 0.25) is 19.4 Å². The summed E-state index contributed by atoms with van der Waals surface area (Å²) in [5.41, 5.74) is 14.1. The number of Topliss-reactive ketones (excluding diaryl/α,β-unsaturated/α-hetero) is 1. The zero-order valence-corrected chi connectivity index (χ0v) is 50.4. The fourth-order valence-corrected chi connectivity index (χ4v) is 7.27. The molecule has 1 atom stereocenters. The molecule has 0 radical (unpaired) electrons. The molecule has 2 heterocycles. The van der Waals surface area contributed by atoms with Crippen LogP contribution >= 0.6 is 112 Å². The number of anilines is 2. The van der Waals surface area contributed by atoms with E-state index in [0.29, 0.717) is 28.2 Å². The lowest BCUT2D eigenvalue weighted by molar-refractivity contribution is -0.122. The van der Waals surface area contributed by atoms with Gasteiger partial charge in [0.05, 0.1) is 12.1 Å². The predicted molar refractivity (Wildman–Crippen MR) is 310 cm³/mol. The van der Waals surface area contributed by atoms with E-state index < -0.39 is 69.9 Å². The number of ketones is 1. The molecule has 13 amide bonds. The summed E-state index contributed by atoms with van der Waals surface area (Å²) >= 11 is 51.9. The maximum absolute atomic E-state index is 11.8. The molecule has 0 spiro atoms. The van der Waals surface area contributed by atoms with E-state index in [4.69, 9.17) is 133 Å². The molecule has 0 aliphatic carbocycles. The van der Waals surface area contributed by atoms with Crippen molar-refractivity contribution in [3.05, 3.63) is 87.9 Å². The number of hydrogen-bond donors (Lipinski definition) is 18. The highest BCUT2D eigenvalue weighted by atomic mass is 35.6. The Morgan fingerprint density at radius 1 is 0.790 bits per heavy atom. The van der Waals surface area contributed by atoms with Crippen LogP contribution in [0.3, 0.4) is 0 Å². The summed E-state index contributed by atoms with van der Waals surface area (Å²) in [6.07, 6.45) is 4.50. The molecule has 1 fully saturated rings. The Bertz CT molecular complexity index is 2580. The van der Waals surface area contributed by atoms with Crippen LogP contribution in [0.5, 0.6) is 0 Å². The van der Waals surface area contributed by atoms with Crippen molar-refractivity contribution in [2.45, 2.75) is 66.2 Å². The van der Waals surface area contributed by atoms with E-state index in [9.17, 15) is 42.9 Å². The first-order valence-electron chi connectivity index (χ1n) is 22.1. The van der Waals surface area contributed by atoms with Crippen LogP contribution in [0.4, 0.5) is 40.4 Å².